The van der Waals surface area contributed by atoms with Gasteiger partial charge in [0.15, 0.2) is 0 Å². The first kappa shape index (κ1) is 15.7. The fourth-order valence-corrected chi connectivity index (χ4v) is 3.60. The predicted octanol–water partition coefficient (Wildman–Crippen LogP) is 4.23. The smallest absolute Gasteiger partial charge is 0.347 e. The van der Waals surface area contributed by atoms with Gasteiger partial charge in [-0.2, -0.15) is 0 Å². The molecule has 112 valence electrons. The number of thiazole rings is 1. The van der Waals surface area contributed by atoms with E-state index in [0.29, 0.717) is 23.4 Å². The van der Waals surface area contributed by atoms with Crippen LogP contribution in [0.5, 0.6) is 0 Å². The van der Waals surface area contributed by atoms with Gasteiger partial charge in [-0.1, -0.05) is 13.0 Å². The molecule has 2 aromatic rings. The molecule has 0 amide bonds. The van der Waals surface area contributed by atoms with Gasteiger partial charge in [0, 0.05) is 6.42 Å². The monoisotopic (exact) mass is 303 g/mol. The number of rotatable bonds is 4. The molecule has 4 heteroatoms. The second kappa shape index (κ2) is 5.98. The molecule has 0 saturated heterocycles. The van der Waals surface area contributed by atoms with Crippen molar-refractivity contribution in [1.29, 1.82) is 0 Å². The molecule has 0 spiro atoms. The first-order valence-electron chi connectivity index (χ1n) is 7.13. The Morgan fingerprint density at radius 3 is 2.19 bits per heavy atom. The average molecular weight is 303 g/mol. The lowest BCUT2D eigenvalue weighted by Crippen LogP contribution is -2.00. The van der Waals surface area contributed by atoms with Gasteiger partial charge < -0.3 is 5.11 Å². The molecular weight excluding hydrogens is 282 g/mol. The molecule has 0 unspecified atom stereocenters. The van der Waals surface area contributed by atoms with Crippen LogP contribution in [0.4, 0.5) is 0 Å². The van der Waals surface area contributed by atoms with Crippen LogP contribution in [0, 0.1) is 27.7 Å². The van der Waals surface area contributed by atoms with Crippen LogP contribution in [0.15, 0.2) is 6.07 Å². The van der Waals surface area contributed by atoms with Crippen molar-refractivity contribution in [2.24, 2.45) is 0 Å². The molecule has 0 fully saturated rings. The highest BCUT2D eigenvalue weighted by atomic mass is 32.1. The molecule has 3 nitrogen and oxygen atoms in total. The van der Waals surface area contributed by atoms with Crippen molar-refractivity contribution in [3.8, 4) is 0 Å². The fraction of sp³-hybridized carbons (Fsp3) is 0.412. The van der Waals surface area contributed by atoms with E-state index in [0.717, 1.165) is 5.01 Å². The Hall–Kier alpha value is -1.68. The van der Waals surface area contributed by atoms with Gasteiger partial charge >= 0.3 is 5.97 Å². The third-order valence-corrected chi connectivity index (χ3v) is 5.21. The van der Waals surface area contributed by atoms with E-state index in [-0.39, 0.29) is 0 Å². The summed E-state index contributed by atoms with van der Waals surface area (Å²) in [6.45, 7) is 10.4. The van der Waals surface area contributed by atoms with Crippen molar-refractivity contribution in [1.82, 2.24) is 4.98 Å². The maximum absolute atomic E-state index is 11.3. The first-order valence-corrected chi connectivity index (χ1v) is 7.94. The van der Waals surface area contributed by atoms with Crippen LogP contribution in [0.3, 0.4) is 0 Å². The molecule has 1 aromatic heterocycles. The third kappa shape index (κ3) is 3.00. The second-order valence-corrected chi connectivity index (χ2v) is 6.54. The van der Waals surface area contributed by atoms with Gasteiger partial charge in [0.05, 0.1) is 10.7 Å². The normalized spacial score (nSPS) is 10.9. The molecule has 0 aliphatic carbocycles. The van der Waals surface area contributed by atoms with Crippen molar-refractivity contribution < 1.29 is 9.90 Å². The Morgan fingerprint density at radius 1 is 1.19 bits per heavy atom. The topological polar surface area (TPSA) is 50.2 Å². The Bertz CT molecular complexity index is 675. The largest absolute Gasteiger partial charge is 0.477 e. The summed E-state index contributed by atoms with van der Waals surface area (Å²) in [6.07, 6.45) is 1.37. The summed E-state index contributed by atoms with van der Waals surface area (Å²) in [6, 6.07) is 2.20. The van der Waals surface area contributed by atoms with Crippen molar-refractivity contribution in [3.05, 3.63) is 49.5 Å². The van der Waals surface area contributed by atoms with E-state index >= 15 is 0 Å². The number of benzene rings is 1. The zero-order valence-corrected chi connectivity index (χ0v) is 14.0. The first-order chi connectivity index (χ1) is 9.85. The van der Waals surface area contributed by atoms with Crippen LogP contribution in [0.1, 0.15) is 55.1 Å². The Kier molecular flexibility index (Phi) is 4.47. The Labute approximate surface area is 129 Å². The van der Waals surface area contributed by atoms with Crippen LogP contribution >= 0.6 is 11.3 Å². The number of nitrogens with zero attached hydrogens (tertiary/aromatic N) is 1. The minimum atomic E-state index is -0.871. The summed E-state index contributed by atoms with van der Waals surface area (Å²) in [4.78, 5) is 16.2. The molecule has 0 bridgehead atoms. The van der Waals surface area contributed by atoms with Gasteiger partial charge in [0.1, 0.15) is 4.88 Å². The van der Waals surface area contributed by atoms with E-state index in [4.69, 9.17) is 0 Å². The molecule has 1 aromatic carbocycles. The van der Waals surface area contributed by atoms with Gasteiger partial charge in [-0.15, -0.1) is 11.3 Å². The number of aryl methyl sites for hydroxylation is 3. The van der Waals surface area contributed by atoms with Crippen molar-refractivity contribution >= 4 is 17.3 Å². The average Bonchev–Trinajstić information content (AvgIpc) is 2.85. The van der Waals surface area contributed by atoms with Crippen LogP contribution in [-0.4, -0.2) is 16.1 Å². The Morgan fingerprint density at radius 2 is 1.76 bits per heavy atom. The van der Waals surface area contributed by atoms with Crippen LogP contribution in [0.25, 0.3) is 0 Å². The lowest BCUT2D eigenvalue weighted by molar-refractivity contribution is 0.0701. The molecule has 2 rings (SSSR count). The molecule has 0 atom stereocenters. The molecule has 1 N–H and O–H groups in total. The van der Waals surface area contributed by atoms with Gasteiger partial charge in [0.25, 0.3) is 0 Å². The van der Waals surface area contributed by atoms with Gasteiger partial charge in [-0.25, -0.2) is 9.78 Å². The Balaban J connectivity index is 2.46. The van der Waals surface area contributed by atoms with Crippen molar-refractivity contribution in [3.63, 3.8) is 0 Å². The third-order valence-electron chi connectivity index (χ3n) is 4.12. The lowest BCUT2D eigenvalue weighted by Gasteiger charge is -2.14. The summed E-state index contributed by atoms with van der Waals surface area (Å²) < 4.78 is 0. The minimum Gasteiger partial charge on any atom is -0.477 e. The highest BCUT2D eigenvalue weighted by Crippen LogP contribution is 2.27. The molecule has 21 heavy (non-hydrogen) atoms. The SMILES string of the molecule is CCc1nc(Cc2c(C)c(C)cc(C)c2C)sc1C(=O)O. The van der Waals surface area contributed by atoms with Crippen LogP contribution in [-0.2, 0) is 12.8 Å². The molecular formula is C17H21NO2S. The quantitative estimate of drug-likeness (QED) is 0.919. The zero-order chi connectivity index (χ0) is 15.7. The van der Waals surface area contributed by atoms with E-state index < -0.39 is 5.97 Å². The fourth-order valence-electron chi connectivity index (χ4n) is 2.60. The van der Waals surface area contributed by atoms with E-state index in [9.17, 15) is 9.90 Å². The summed E-state index contributed by atoms with van der Waals surface area (Å²) >= 11 is 1.31. The number of carboxylic acids is 1. The van der Waals surface area contributed by atoms with E-state index in [1.165, 1.54) is 39.2 Å². The maximum Gasteiger partial charge on any atom is 0.347 e. The predicted molar refractivity (Wildman–Crippen MR) is 86.6 cm³/mol. The second-order valence-electron chi connectivity index (χ2n) is 5.46. The lowest BCUT2D eigenvalue weighted by atomic mass is 9.92. The minimum absolute atomic E-state index is 0.382. The van der Waals surface area contributed by atoms with E-state index in [1.807, 2.05) is 6.92 Å². The summed E-state index contributed by atoms with van der Waals surface area (Å²) in [7, 11) is 0. The van der Waals surface area contributed by atoms with E-state index in [2.05, 4.69) is 38.7 Å². The van der Waals surface area contributed by atoms with Gasteiger partial charge in [-0.05, 0) is 61.9 Å². The number of hydrogen-bond donors (Lipinski definition) is 1. The number of carboxylic acid groups (broad SMARTS) is 1. The van der Waals surface area contributed by atoms with Crippen molar-refractivity contribution in [2.45, 2.75) is 47.5 Å². The highest BCUT2D eigenvalue weighted by Gasteiger charge is 2.17. The van der Waals surface area contributed by atoms with Crippen molar-refractivity contribution in [2.75, 3.05) is 0 Å². The van der Waals surface area contributed by atoms with Crippen LogP contribution in [0.2, 0.25) is 0 Å². The zero-order valence-electron chi connectivity index (χ0n) is 13.2. The number of aromatic nitrogens is 1. The van der Waals surface area contributed by atoms with Gasteiger partial charge in [0.2, 0.25) is 0 Å². The van der Waals surface area contributed by atoms with Gasteiger partial charge in [-0.3, -0.25) is 0 Å². The molecule has 0 radical (unpaired) electrons. The standard InChI is InChI=1S/C17H21NO2S/c1-6-14-16(17(19)20)21-15(18-14)8-13-11(4)9(2)7-10(3)12(13)5/h7H,6,8H2,1-5H3,(H,19,20). The summed E-state index contributed by atoms with van der Waals surface area (Å²) in [5, 5.41) is 10.1. The molecule has 0 aliphatic rings. The maximum atomic E-state index is 11.3. The number of carbonyl (C=O) groups is 1. The number of aromatic carboxylic acids is 1. The van der Waals surface area contributed by atoms with Crippen LogP contribution < -0.4 is 0 Å². The number of hydrogen-bond acceptors (Lipinski definition) is 3. The summed E-state index contributed by atoms with van der Waals surface area (Å²) in [5.41, 5.74) is 7.09. The van der Waals surface area contributed by atoms with E-state index in [1.54, 1.807) is 0 Å². The molecule has 0 aliphatic heterocycles. The highest BCUT2D eigenvalue weighted by molar-refractivity contribution is 7.13. The summed E-state index contributed by atoms with van der Waals surface area (Å²) in [5.74, 6) is -0.871. The molecule has 0 saturated carbocycles. The molecule has 1 heterocycles.